The number of hydrogen-bond acceptors (Lipinski definition) is 2. The quantitative estimate of drug-likeness (QED) is 0.311. The van der Waals surface area contributed by atoms with Crippen LogP contribution in [0, 0.1) is 5.75 Å². The second-order valence-corrected chi connectivity index (χ2v) is 2.71. The minimum Gasteiger partial charge on any atom is -0.412 e. The third kappa shape index (κ3) is 23.1. The molecule has 0 heterocycles. The molecule has 0 amide bonds. The molecule has 9 heteroatoms. The van der Waals surface area contributed by atoms with E-state index in [9.17, 15) is 4.57 Å². The summed E-state index contributed by atoms with van der Waals surface area (Å²) in [7, 11) is 3.54. The molecule has 0 radical (unpaired) electrons. The Hall–Kier alpha value is 1.03. The van der Waals surface area contributed by atoms with Gasteiger partial charge in [0.1, 0.15) is 0 Å². The number of rotatable bonds is 2. The molecular weight excluding hydrogens is 241 g/mol. The first-order valence-corrected chi connectivity index (χ1v) is 3.47. The van der Waals surface area contributed by atoms with Gasteiger partial charge in [0, 0.05) is 0 Å². The maximum absolute atomic E-state index is 9.98. The molecule has 0 aliphatic carbocycles. The number of aliphatic hydroxyl groups excluding tert-OH is 1. The van der Waals surface area contributed by atoms with Gasteiger partial charge in [-0.25, -0.2) is 0 Å². The summed E-state index contributed by atoms with van der Waals surface area (Å²) in [5, 5.41) is 8.47. The summed E-state index contributed by atoms with van der Waals surface area (Å²) in [6.45, 7) is 0.644. The average molecular weight is 260 g/mol. The Morgan fingerprint density at radius 3 is 1.79 bits per heavy atom. The van der Waals surface area contributed by atoms with Crippen molar-refractivity contribution in [3.05, 3.63) is 0 Å². The second-order valence-electron chi connectivity index (χ2n) is 2.32. The van der Waals surface area contributed by atoms with E-state index in [1.54, 1.807) is 0 Å². The van der Waals surface area contributed by atoms with Crippen LogP contribution in [0.2, 0.25) is 0 Å². The number of aliphatic hydroxyl groups is 1. The zero-order valence-electron chi connectivity index (χ0n) is 8.37. The van der Waals surface area contributed by atoms with Gasteiger partial charge in [-0.05, 0) is 0 Å². The van der Waals surface area contributed by atoms with Crippen LogP contribution in [0.5, 0.6) is 0 Å². The van der Waals surface area contributed by atoms with Gasteiger partial charge in [-0.3, -0.25) is 0 Å². The van der Waals surface area contributed by atoms with E-state index in [0.717, 1.165) is 0 Å². The molecule has 0 aliphatic heterocycles. The molecule has 9 N–H and O–H groups in total. The van der Waals surface area contributed by atoms with Crippen LogP contribution in [-0.4, -0.2) is 96.5 Å². The third-order valence-electron chi connectivity index (χ3n) is 0.971. The Morgan fingerprint density at radius 1 is 1.21 bits per heavy atom. The van der Waals surface area contributed by atoms with Gasteiger partial charge in [0.25, 0.3) is 0 Å². The van der Waals surface area contributed by atoms with Crippen molar-refractivity contribution >= 4 is 45.7 Å². The maximum atomic E-state index is 9.98. The van der Waals surface area contributed by atoms with Gasteiger partial charge in [0.15, 0.2) is 0 Å². The van der Waals surface area contributed by atoms with E-state index in [-0.39, 0.29) is 74.2 Å². The Bertz CT molecular complexity index is 182. The Kier molecular flexibility index (Phi) is 50.7. The molecule has 14 heavy (non-hydrogen) atoms. The Morgan fingerprint density at radius 2 is 1.57 bits per heavy atom. The molecule has 0 spiro atoms. The third-order valence-corrected chi connectivity index (χ3v) is 1.59. The normalized spacial score (nSPS) is 6.79. The monoisotopic (exact) mass is 260 g/mol. The molecule has 0 bridgehead atoms. The summed E-state index contributed by atoms with van der Waals surface area (Å²) in [5.74, 6) is 2.62. The summed E-state index contributed by atoms with van der Waals surface area (Å²) in [6, 6.07) is 0. The zero-order valence-corrected chi connectivity index (χ0v) is 11.5. The number of quaternary nitrogens is 1. The van der Waals surface area contributed by atoms with Crippen molar-refractivity contribution in [3.63, 3.8) is 0 Å². The molecule has 0 fully saturated rings. The number of hydrogen-bond donors (Lipinski definition) is 1. The average Bonchev–Trinajstić information content (AvgIpc) is 1.64. The molecule has 0 aliphatic rings. The van der Waals surface area contributed by atoms with Gasteiger partial charge in [-0.15, -0.1) is 0 Å². The topological polar surface area (TPSA) is 163 Å². The molecule has 0 atom stereocenters. The van der Waals surface area contributed by atoms with Crippen LogP contribution in [0.1, 0.15) is 0 Å². The first kappa shape index (κ1) is 36.3. The summed E-state index contributed by atoms with van der Waals surface area (Å²) in [5.41, 5.74) is 0. The van der Waals surface area contributed by atoms with Crippen molar-refractivity contribution in [1.82, 2.24) is 0 Å². The molecular formula is C5H19CaNO6P+3. The zero-order chi connectivity index (χ0) is 7.33. The standard InChI is InChI=1S/C5H11NO2P.Ca.4H2O/c1-6(2,3-4-7)5-9-8;;;;;/h7H,3-4H2,1-2H3;;4*1H2/q+1;+2;;;;. The molecule has 0 aromatic rings. The maximum Gasteiger partial charge on any atom is 2.00 e. The first-order valence-electron chi connectivity index (χ1n) is 2.66. The fraction of sp³-hybridized carbons (Fsp3) is 0.800. The van der Waals surface area contributed by atoms with Crippen molar-refractivity contribution in [3.8, 4) is 5.75 Å². The van der Waals surface area contributed by atoms with Crippen LogP contribution in [-0.2, 0) is 4.57 Å². The fourth-order valence-corrected chi connectivity index (χ4v) is 0.732. The second kappa shape index (κ2) is 19.6. The van der Waals surface area contributed by atoms with Crippen molar-refractivity contribution in [1.29, 1.82) is 0 Å². The molecule has 0 saturated heterocycles. The smallest absolute Gasteiger partial charge is 0.412 e. The van der Waals surface area contributed by atoms with Crippen LogP contribution in [0.4, 0.5) is 0 Å². The molecule has 7 nitrogen and oxygen atoms in total. The molecule has 0 unspecified atom stereocenters. The van der Waals surface area contributed by atoms with E-state index < -0.39 is 0 Å². The van der Waals surface area contributed by atoms with Crippen LogP contribution < -0.4 is 0 Å². The van der Waals surface area contributed by atoms with Crippen molar-refractivity contribution < 1.29 is 36.1 Å². The van der Waals surface area contributed by atoms with E-state index in [4.69, 9.17) is 5.11 Å². The van der Waals surface area contributed by atoms with Gasteiger partial charge >= 0.3 is 92.8 Å². The van der Waals surface area contributed by atoms with E-state index >= 15 is 0 Å². The predicted molar refractivity (Wildman–Crippen MR) is 55.8 cm³/mol. The van der Waals surface area contributed by atoms with Gasteiger partial charge in [-0.1, -0.05) is 0 Å². The van der Waals surface area contributed by atoms with Gasteiger partial charge in [0.2, 0.25) is 0 Å². The van der Waals surface area contributed by atoms with E-state index in [1.165, 1.54) is 0 Å². The Balaban J connectivity index is -0.0000000320. The van der Waals surface area contributed by atoms with Crippen molar-refractivity contribution in [2.24, 2.45) is 0 Å². The minimum absolute atomic E-state index is 0. The largest absolute Gasteiger partial charge is 2.00 e. The van der Waals surface area contributed by atoms with E-state index in [2.05, 4.69) is 5.75 Å². The summed E-state index contributed by atoms with van der Waals surface area (Å²) >= 11 is 0. The van der Waals surface area contributed by atoms with Gasteiger partial charge in [0.05, 0.1) is 0 Å². The van der Waals surface area contributed by atoms with Gasteiger partial charge in [-0.2, -0.15) is 0 Å². The van der Waals surface area contributed by atoms with Crippen LogP contribution in [0.3, 0.4) is 0 Å². The number of likely N-dealkylation sites (N-methyl/N-ethyl adjacent to an activating group) is 1. The summed E-state index contributed by atoms with van der Waals surface area (Å²) < 4.78 is 10.3. The minimum atomic E-state index is -0.105. The van der Waals surface area contributed by atoms with Crippen LogP contribution in [0.25, 0.3) is 0 Å². The SMILES string of the molecule is C[N+](C)(C#P=O)CCO.O.O.O.O.[Ca+2]. The first-order chi connectivity index (χ1) is 4.12. The summed E-state index contributed by atoms with van der Waals surface area (Å²) in [4.78, 5) is 0. The fourth-order valence-electron chi connectivity index (χ4n) is 0.411. The van der Waals surface area contributed by atoms with Gasteiger partial charge < -0.3 is 21.9 Å². The molecule has 0 saturated carbocycles. The molecule has 0 aromatic carbocycles. The molecule has 0 aromatic heterocycles. The van der Waals surface area contributed by atoms with E-state index in [0.29, 0.717) is 11.0 Å². The predicted octanol–water partition coefficient (Wildman–Crippen LogP) is -3.42. The number of nitrogens with zero attached hydrogens (tertiary/aromatic N) is 1. The van der Waals surface area contributed by atoms with Crippen molar-refractivity contribution in [2.45, 2.75) is 0 Å². The molecule has 84 valence electrons. The van der Waals surface area contributed by atoms with Crippen LogP contribution >= 0.6 is 7.92 Å². The van der Waals surface area contributed by atoms with E-state index in [1.807, 2.05) is 14.1 Å². The summed E-state index contributed by atoms with van der Waals surface area (Å²) in [6.07, 6.45) is 0. The van der Waals surface area contributed by atoms with Crippen LogP contribution in [0.15, 0.2) is 0 Å². The molecule has 0 rings (SSSR count). The van der Waals surface area contributed by atoms with Crippen molar-refractivity contribution in [2.75, 3.05) is 27.2 Å². The Labute approximate surface area is 114 Å².